The topological polar surface area (TPSA) is 124 Å². The van der Waals surface area contributed by atoms with Gasteiger partial charge < -0.3 is 34.9 Å². The first-order chi connectivity index (χ1) is 24.8. The number of hydrogen-bond acceptors (Lipinski definition) is 8. The number of thioether (sulfide) groups is 1. The number of rotatable bonds is 14. The van der Waals surface area contributed by atoms with Crippen LogP contribution < -0.4 is 34.9 Å². The van der Waals surface area contributed by atoms with Gasteiger partial charge in [0, 0.05) is 21.8 Å². The van der Waals surface area contributed by atoms with Gasteiger partial charge in [-0.15, -0.1) is 11.8 Å². The van der Waals surface area contributed by atoms with E-state index in [0.29, 0.717) is 45.5 Å². The van der Waals surface area contributed by atoms with Crippen molar-refractivity contribution in [3.63, 3.8) is 0 Å². The molecule has 5 aromatic carbocycles. The summed E-state index contributed by atoms with van der Waals surface area (Å²) >= 11 is 1.34. The fraction of sp³-hybridized carbons (Fsp3) is 0.125. The summed E-state index contributed by atoms with van der Waals surface area (Å²) in [6.45, 7) is 1.80. The Morgan fingerprint density at radius 1 is 0.667 bits per heavy atom. The van der Waals surface area contributed by atoms with Crippen LogP contribution in [0.25, 0.3) is 6.08 Å². The van der Waals surface area contributed by atoms with Crippen LogP contribution in [0.3, 0.4) is 0 Å². The average Bonchev–Trinajstić information content (AvgIpc) is 3.15. The van der Waals surface area contributed by atoms with Crippen LogP contribution in [0, 0.1) is 0 Å². The molecule has 0 aliphatic carbocycles. The van der Waals surface area contributed by atoms with Crippen LogP contribution in [0.4, 0.5) is 11.4 Å². The second kappa shape index (κ2) is 17.5. The van der Waals surface area contributed by atoms with E-state index in [-0.39, 0.29) is 11.6 Å². The van der Waals surface area contributed by atoms with E-state index < -0.39 is 17.1 Å². The number of methoxy groups -OCH3 is 3. The summed E-state index contributed by atoms with van der Waals surface area (Å²) in [6, 6.07) is 35.6. The van der Waals surface area contributed by atoms with Crippen molar-refractivity contribution < 1.29 is 33.3 Å². The first-order valence-electron chi connectivity index (χ1n) is 15.9. The first-order valence-corrected chi connectivity index (χ1v) is 16.7. The van der Waals surface area contributed by atoms with Crippen molar-refractivity contribution in [1.82, 2.24) is 5.32 Å². The highest BCUT2D eigenvalue weighted by molar-refractivity contribution is 8.00. The minimum Gasteiger partial charge on any atom is -0.493 e. The Balaban J connectivity index is 1.28. The predicted octanol–water partition coefficient (Wildman–Crippen LogP) is 8.03. The highest BCUT2D eigenvalue weighted by atomic mass is 32.2. The van der Waals surface area contributed by atoms with Gasteiger partial charge in [-0.25, -0.2) is 0 Å². The number of carbonyl (C=O) groups excluding carboxylic acids is 3. The Morgan fingerprint density at radius 3 is 1.92 bits per heavy atom. The lowest BCUT2D eigenvalue weighted by Gasteiger charge is -2.15. The van der Waals surface area contributed by atoms with Gasteiger partial charge in [0.15, 0.2) is 11.5 Å². The molecule has 3 amide bonds. The summed E-state index contributed by atoms with van der Waals surface area (Å²) in [5.74, 6) is 1.31. The Hall–Kier alpha value is -6.20. The molecule has 11 heteroatoms. The average molecular weight is 704 g/mol. The fourth-order valence-corrected chi connectivity index (χ4v) is 5.80. The smallest absolute Gasteiger partial charge is 0.272 e. The zero-order chi connectivity index (χ0) is 36.2. The third-order valence-electron chi connectivity index (χ3n) is 7.40. The van der Waals surface area contributed by atoms with Gasteiger partial charge in [0.1, 0.15) is 17.2 Å². The Kier molecular flexibility index (Phi) is 12.4. The van der Waals surface area contributed by atoms with Gasteiger partial charge in [-0.2, -0.15) is 0 Å². The molecule has 260 valence electrons. The number of nitrogens with one attached hydrogen (secondary N) is 3. The van der Waals surface area contributed by atoms with Gasteiger partial charge in [0.2, 0.25) is 11.7 Å². The summed E-state index contributed by atoms with van der Waals surface area (Å²) in [6.07, 6.45) is 1.52. The van der Waals surface area contributed by atoms with Crippen molar-refractivity contribution in [2.45, 2.75) is 17.1 Å². The maximum Gasteiger partial charge on any atom is 0.272 e. The summed E-state index contributed by atoms with van der Waals surface area (Å²) in [5.41, 5.74) is 1.98. The van der Waals surface area contributed by atoms with Crippen molar-refractivity contribution in [3.05, 3.63) is 138 Å². The number of anilines is 2. The molecule has 0 heterocycles. The lowest BCUT2D eigenvalue weighted by atomic mass is 10.1. The van der Waals surface area contributed by atoms with E-state index in [0.717, 1.165) is 10.6 Å². The zero-order valence-corrected chi connectivity index (χ0v) is 29.3. The Labute approximate surface area is 300 Å². The molecule has 51 heavy (non-hydrogen) atoms. The number of para-hydroxylation sites is 1. The SMILES string of the molecule is COc1cc(/C=C(/NC(=O)c2ccccc2)C(=O)Nc2cccc(SC(C)C(=O)Nc3ccc(Oc4ccccc4)cc3)c2)cc(OC)c1OC. The van der Waals surface area contributed by atoms with Crippen LogP contribution in [0.5, 0.6) is 28.7 Å². The van der Waals surface area contributed by atoms with Gasteiger partial charge in [-0.05, 0) is 97.4 Å². The molecule has 0 spiro atoms. The number of ether oxygens (including phenoxy) is 4. The molecular formula is C40H37N3O7S. The molecule has 0 saturated carbocycles. The molecule has 0 radical (unpaired) electrons. The lowest BCUT2D eigenvalue weighted by molar-refractivity contribution is -0.115. The second-order valence-corrected chi connectivity index (χ2v) is 12.4. The summed E-state index contributed by atoms with van der Waals surface area (Å²) in [4.78, 5) is 40.7. The maximum absolute atomic E-state index is 13.7. The molecule has 0 saturated heterocycles. The van der Waals surface area contributed by atoms with E-state index in [1.54, 1.807) is 91.9 Å². The largest absolute Gasteiger partial charge is 0.493 e. The van der Waals surface area contributed by atoms with Gasteiger partial charge in [-0.1, -0.05) is 42.5 Å². The normalized spacial score (nSPS) is 11.5. The molecule has 0 bridgehead atoms. The third kappa shape index (κ3) is 9.93. The van der Waals surface area contributed by atoms with E-state index in [1.165, 1.54) is 39.2 Å². The Morgan fingerprint density at radius 2 is 1.29 bits per heavy atom. The minimum atomic E-state index is -0.569. The first kappa shape index (κ1) is 36.1. The van der Waals surface area contributed by atoms with Crippen LogP contribution in [-0.4, -0.2) is 44.3 Å². The summed E-state index contributed by atoms with van der Waals surface area (Å²) < 4.78 is 22.2. The van der Waals surface area contributed by atoms with E-state index >= 15 is 0 Å². The highest BCUT2D eigenvalue weighted by Gasteiger charge is 2.19. The lowest BCUT2D eigenvalue weighted by Crippen LogP contribution is -2.30. The molecule has 3 N–H and O–H groups in total. The zero-order valence-electron chi connectivity index (χ0n) is 28.5. The second-order valence-electron chi connectivity index (χ2n) is 11.0. The number of carbonyl (C=O) groups is 3. The Bertz CT molecular complexity index is 1980. The molecule has 1 atom stereocenters. The van der Waals surface area contributed by atoms with Crippen molar-refractivity contribution >= 4 is 46.9 Å². The molecule has 0 aromatic heterocycles. The maximum atomic E-state index is 13.7. The third-order valence-corrected chi connectivity index (χ3v) is 8.50. The highest BCUT2D eigenvalue weighted by Crippen LogP contribution is 2.39. The van der Waals surface area contributed by atoms with E-state index in [1.807, 2.05) is 36.4 Å². The molecule has 0 fully saturated rings. The molecule has 1 unspecified atom stereocenters. The van der Waals surface area contributed by atoms with Crippen molar-refractivity contribution in [2.75, 3.05) is 32.0 Å². The van der Waals surface area contributed by atoms with Crippen molar-refractivity contribution in [3.8, 4) is 28.7 Å². The van der Waals surface area contributed by atoms with Crippen LogP contribution >= 0.6 is 11.8 Å². The van der Waals surface area contributed by atoms with Gasteiger partial charge >= 0.3 is 0 Å². The molecule has 0 aliphatic heterocycles. The minimum absolute atomic E-state index is 0.0240. The van der Waals surface area contributed by atoms with Crippen LogP contribution in [0.15, 0.2) is 132 Å². The summed E-state index contributed by atoms with van der Waals surface area (Å²) in [5, 5.41) is 8.08. The quantitative estimate of drug-likeness (QED) is 0.0785. The van der Waals surface area contributed by atoms with E-state index in [9.17, 15) is 14.4 Å². The van der Waals surface area contributed by atoms with Gasteiger partial charge in [0.05, 0.1) is 26.6 Å². The summed E-state index contributed by atoms with van der Waals surface area (Å²) in [7, 11) is 4.48. The van der Waals surface area contributed by atoms with Crippen LogP contribution in [0.2, 0.25) is 0 Å². The molecule has 0 aliphatic rings. The molecule has 5 aromatic rings. The number of hydrogen-bond donors (Lipinski definition) is 3. The monoisotopic (exact) mass is 703 g/mol. The van der Waals surface area contributed by atoms with E-state index in [4.69, 9.17) is 18.9 Å². The fourth-order valence-electron chi connectivity index (χ4n) is 4.87. The molecular weight excluding hydrogens is 667 g/mol. The number of amides is 3. The predicted molar refractivity (Wildman–Crippen MR) is 200 cm³/mol. The van der Waals surface area contributed by atoms with Gasteiger partial charge in [0.25, 0.3) is 11.8 Å². The van der Waals surface area contributed by atoms with Crippen molar-refractivity contribution in [2.24, 2.45) is 0 Å². The molecule has 10 nitrogen and oxygen atoms in total. The standard InChI is InChI=1S/C40H37N3O7S/c1-26(38(44)41-29-18-20-32(21-19-29)50-31-15-9-6-10-16-31)51-33-17-11-14-30(25-33)42-40(46)34(43-39(45)28-12-7-5-8-13-28)22-27-23-35(47-2)37(49-4)36(24-27)48-3/h5-26H,1-4H3,(H,41,44)(H,42,46)(H,43,45)/b34-22+. The molecule has 5 rings (SSSR count). The number of benzene rings is 5. The van der Waals surface area contributed by atoms with Crippen molar-refractivity contribution in [1.29, 1.82) is 0 Å². The van der Waals surface area contributed by atoms with Crippen LogP contribution in [-0.2, 0) is 9.59 Å². The van der Waals surface area contributed by atoms with Gasteiger partial charge in [-0.3, -0.25) is 14.4 Å². The van der Waals surface area contributed by atoms with Crippen LogP contribution in [0.1, 0.15) is 22.8 Å². The van der Waals surface area contributed by atoms with E-state index in [2.05, 4.69) is 16.0 Å².